The number of halogens is 1. The first-order valence-electron chi connectivity index (χ1n) is 11.0. The van der Waals surface area contributed by atoms with Crippen molar-refractivity contribution in [2.45, 2.75) is 25.5 Å². The number of rotatable bonds is 9. The molecule has 0 aliphatic carbocycles. The minimum Gasteiger partial charge on any atom is -0.478 e. The van der Waals surface area contributed by atoms with Crippen molar-refractivity contribution >= 4 is 18.4 Å². The lowest BCUT2D eigenvalue weighted by Gasteiger charge is -2.20. The molecule has 0 unspecified atom stereocenters. The van der Waals surface area contributed by atoms with Crippen LogP contribution in [0, 0.1) is 0 Å². The Morgan fingerprint density at radius 3 is 2.29 bits per heavy atom. The average molecular weight is 478 g/mol. The van der Waals surface area contributed by atoms with Gasteiger partial charge in [-0.3, -0.25) is 0 Å². The first-order valence-corrected chi connectivity index (χ1v) is 11.0. The molecule has 4 aromatic rings. The number of aromatic carboxylic acids is 1. The maximum absolute atomic E-state index is 11.6. The van der Waals surface area contributed by atoms with E-state index in [0.717, 1.165) is 29.7 Å². The van der Waals surface area contributed by atoms with E-state index in [1.807, 2.05) is 61.5 Å². The van der Waals surface area contributed by atoms with Gasteiger partial charge < -0.3 is 19.9 Å². The van der Waals surface area contributed by atoms with Crippen LogP contribution in [-0.4, -0.2) is 28.8 Å². The summed E-state index contributed by atoms with van der Waals surface area (Å²) >= 11 is 0. The smallest absolute Gasteiger partial charge is 0.336 e. The summed E-state index contributed by atoms with van der Waals surface area (Å²) in [6, 6.07) is 26.6. The molecule has 0 aliphatic heterocycles. The van der Waals surface area contributed by atoms with Gasteiger partial charge in [-0.15, -0.1) is 12.4 Å². The fourth-order valence-corrected chi connectivity index (χ4v) is 3.90. The zero-order chi connectivity index (χ0) is 23.2. The Balaban J connectivity index is 0.00000324. The zero-order valence-electron chi connectivity index (χ0n) is 18.8. The van der Waals surface area contributed by atoms with Crippen LogP contribution in [0.4, 0.5) is 0 Å². The van der Waals surface area contributed by atoms with Crippen molar-refractivity contribution in [1.29, 1.82) is 0 Å². The van der Waals surface area contributed by atoms with Crippen LogP contribution in [0.1, 0.15) is 34.5 Å². The number of benzene rings is 3. The van der Waals surface area contributed by atoms with Crippen LogP contribution in [-0.2, 0) is 6.42 Å². The molecule has 2 atom stereocenters. The molecule has 0 saturated heterocycles. The summed E-state index contributed by atoms with van der Waals surface area (Å²) in [7, 11) is 0. The molecule has 34 heavy (non-hydrogen) atoms. The van der Waals surface area contributed by atoms with Gasteiger partial charge in [0.25, 0.3) is 0 Å². The van der Waals surface area contributed by atoms with E-state index in [1.165, 1.54) is 11.8 Å². The van der Waals surface area contributed by atoms with Gasteiger partial charge >= 0.3 is 5.97 Å². The fraction of sp³-hybridized carbons (Fsp3) is 0.179. The number of aliphatic hydroxyl groups is 1. The standard InChI is InChI=1S/C28H27NO4.ClH/c1-19(27(30)22-6-3-2-4-7-22)29-16-15-20-9-11-21(12-10-20)23-13-14-24(28(31)32)25(18-23)26-8-5-17-33-26;/h2-14,17-19,27,29-30H,15-16H2,1H3,(H,31,32);1H/t19-,27-;/m0./s1. The van der Waals surface area contributed by atoms with Crippen LogP contribution in [0.3, 0.4) is 0 Å². The first kappa shape index (κ1) is 25.2. The van der Waals surface area contributed by atoms with Gasteiger partial charge in [-0.25, -0.2) is 4.79 Å². The zero-order valence-corrected chi connectivity index (χ0v) is 19.7. The molecule has 0 radical (unpaired) electrons. The van der Waals surface area contributed by atoms with Crippen molar-refractivity contribution < 1.29 is 19.4 Å². The predicted molar refractivity (Wildman–Crippen MR) is 136 cm³/mol. The molecule has 3 N–H and O–H groups in total. The molecule has 0 saturated carbocycles. The van der Waals surface area contributed by atoms with Crippen LogP contribution in [0.15, 0.2) is 95.6 Å². The minimum absolute atomic E-state index is 0. The summed E-state index contributed by atoms with van der Waals surface area (Å²) in [5.74, 6) is -0.453. The Bertz CT molecular complexity index is 1190. The molecule has 0 aliphatic rings. The van der Waals surface area contributed by atoms with E-state index in [0.29, 0.717) is 11.3 Å². The molecule has 1 aromatic heterocycles. The molecular weight excluding hydrogens is 450 g/mol. The topological polar surface area (TPSA) is 82.7 Å². The Morgan fingerprint density at radius 1 is 0.941 bits per heavy atom. The van der Waals surface area contributed by atoms with Crippen LogP contribution < -0.4 is 5.32 Å². The Kier molecular flexibility index (Phi) is 8.66. The van der Waals surface area contributed by atoms with E-state index in [-0.39, 0.29) is 24.0 Å². The van der Waals surface area contributed by atoms with Gasteiger partial charge in [0.05, 0.1) is 17.9 Å². The van der Waals surface area contributed by atoms with Crippen molar-refractivity contribution in [3.8, 4) is 22.5 Å². The largest absolute Gasteiger partial charge is 0.478 e. The number of carboxylic acids is 1. The van der Waals surface area contributed by atoms with Gasteiger partial charge in [0.1, 0.15) is 5.76 Å². The third-order valence-corrected chi connectivity index (χ3v) is 5.82. The van der Waals surface area contributed by atoms with Crippen molar-refractivity contribution in [1.82, 2.24) is 5.32 Å². The maximum Gasteiger partial charge on any atom is 0.336 e. The third-order valence-electron chi connectivity index (χ3n) is 5.82. The number of carboxylic acid groups (broad SMARTS) is 1. The number of carbonyl (C=O) groups is 1. The van der Waals surface area contributed by atoms with E-state index < -0.39 is 12.1 Å². The van der Waals surface area contributed by atoms with Crippen LogP contribution >= 0.6 is 12.4 Å². The monoisotopic (exact) mass is 477 g/mol. The molecule has 176 valence electrons. The van der Waals surface area contributed by atoms with Crippen molar-refractivity contribution in [3.05, 3.63) is 108 Å². The van der Waals surface area contributed by atoms with E-state index in [9.17, 15) is 15.0 Å². The molecule has 0 amide bonds. The molecule has 4 rings (SSSR count). The molecule has 5 nitrogen and oxygen atoms in total. The SMILES string of the molecule is C[C@H](NCCc1ccc(-c2ccc(C(=O)O)c(-c3ccco3)c2)cc1)[C@H](O)c1ccccc1.Cl. The van der Waals surface area contributed by atoms with Crippen molar-refractivity contribution in [2.75, 3.05) is 6.54 Å². The maximum atomic E-state index is 11.6. The summed E-state index contributed by atoms with van der Waals surface area (Å²) in [5, 5.41) is 23.4. The lowest BCUT2D eigenvalue weighted by molar-refractivity contribution is 0.0697. The molecule has 1 heterocycles. The van der Waals surface area contributed by atoms with E-state index in [4.69, 9.17) is 4.42 Å². The second-order valence-corrected chi connectivity index (χ2v) is 8.09. The summed E-state index contributed by atoms with van der Waals surface area (Å²) in [6.45, 7) is 2.73. The lowest BCUT2D eigenvalue weighted by atomic mass is 9.97. The van der Waals surface area contributed by atoms with E-state index >= 15 is 0 Å². The number of aliphatic hydroxyl groups excluding tert-OH is 1. The van der Waals surface area contributed by atoms with Gasteiger partial charge in [0, 0.05) is 11.6 Å². The molecule has 0 bridgehead atoms. The van der Waals surface area contributed by atoms with E-state index in [1.54, 1.807) is 18.2 Å². The lowest BCUT2D eigenvalue weighted by Crippen LogP contribution is -2.33. The number of furan rings is 1. The highest BCUT2D eigenvalue weighted by atomic mass is 35.5. The highest BCUT2D eigenvalue weighted by Gasteiger charge is 2.16. The summed E-state index contributed by atoms with van der Waals surface area (Å²) in [4.78, 5) is 11.6. The number of hydrogen-bond donors (Lipinski definition) is 3. The van der Waals surface area contributed by atoms with Crippen LogP contribution in [0.2, 0.25) is 0 Å². The molecular formula is C28H28ClNO4. The number of nitrogens with one attached hydrogen (secondary N) is 1. The van der Waals surface area contributed by atoms with Crippen molar-refractivity contribution in [2.24, 2.45) is 0 Å². The van der Waals surface area contributed by atoms with Crippen LogP contribution in [0.5, 0.6) is 0 Å². The quantitative estimate of drug-likeness (QED) is 0.276. The highest BCUT2D eigenvalue weighted by Crippen LogP contribution is 2.30. The molecule has 3 aromatic carbocycles. The first-order chi connectivity index (χ1) is 16.0. The van der Waals surface area contributed by atoms with Gasteiger partial charge in [-0.1, -0.05) is 60.7 Å². The summed E-state index contributed by atoms with van der Waals surface area (Å²) in [5.41, 5.74) is 4.79. The average Bonchev–Trinajstić information content (AvgIpc) is 3.39. The molecule has 0 spiro atoms. The second-order valence-electron chi connectivity index (χ2n) is 8.09. The van der Waals surface area contributed by atoms with Gasteiger partial charge in [0.15, 0.2) is 0 Å². The Hall–Kier alpha value is -3.38. The number of hydrogen-bond acceptors (Lipinski definition) is 4. The van der Waals surface area contributed by atoms with Gasteiger partial charge in [0.2, 0.25) is 0 Å². The van der Waals surface area contributed by atoms with Crippen molar-refractivity contribution in [3.63, 3.8) is 0 Å². The van der Waals surface area contributed by atoms with Gasteiger partial charge in [-0.05, 0) is 66.4 Å². The van der Waals surface area contributed by atoms with Crippen LogP contribution in [0.25, 0.3) is 22.5 Å². The molecule has 0 fully saturated rings. The normalized spacial score (nSPS) is 12.5. The Morgan fingerprint density at radius 2 is 1.65 bits per heavy atom. The fourth-order valence-electron chi connectivity index (χ4n) is 3.90. The summed E-state index contributed by atoms with van der Waals surface area (Å²) in [6.07, 6.45) is 1.82. The van der Waals surface area contributed by atoms with Gasteiger partial charge in [-0.2, -0.15) is 0 Å². The highest BCUT2D eigenvalue weighted by molar-refractivity contribution is 5.96. The second kappa shape index (κ2) is 11.7. The van der Waals surface area contributed by atoms with E-state index in [2.05, 4.69) is 17.4 Å². The predicted octanol–water partition coefficient (Wildman–Crippen LogP) is 5.99. The summed E-state index contributed by atoms with van der Waals surface area (Å²) < 4.78 is 5.44. The minimum atomic E-state index is -0.984. The Labute approximate surface area is 205 Å². The third kappa shape index (κ3) is 5.94. The molecule has 6 heteroatoms.